The summed E-state index contributed by atoms with van der Waals surface area (Å²) in [7, 11) is 0. The minimum atomic E-state index is -0.395. The first-order chi connectivity index (χ1) is 13.0. The van der Waals surface area contributed by atoms with Crippen molar-refractivity contribution in [1.29, 1.82) is 0 Å². The van der Waals surface area contributed by atoms with Crippen LogP contribution in [0, 0.1) is 0 Å². The quantitative estimate of drug-likeness (QED) is 0.413. The number of thioether (sulfide) groups is 1. The van der Waals surface area contributed by atoms with Crippen molar-refractivity contribution >= 4 is 62.2 Å². The van der Waals surface area contributed by atoms with Gasteiger partial charge in [-0.2, -0.15) is 0 Å². The molecule has 134 valence electrons. The Labute approximate surface area is 172 Å². The molecule has 2 heterocycles. The van der Waals surface area contributed by atoms with Crippen LogP contribution in [0.4, 0.5) is 10.5 Å². The molecule has 1 aliphatic rings. The molecular formula is C20H11BrClNO3S. The van der Waals surface area contributed by atoms with Crippen molar-refractivity contribution in [2.45, 2.75) is 0 Å². The summed E-state index contributed by atoms with van der Waals surface area (Å²) in [4.78, 5) is 26.4. The Morgan fingerprint density at radius 3 is 2.56 bits per heavy atom. The summed E-state index contributed by atoms with van der Waals surface area (Å²) in [5.74, 6) is 0.793. The number of rotatable bonds is 3. The van der Waals surface area contributed by atoms with Crippen LogP contribution in [-0.2, 0) is 4.79 Å². The molecule has 0 atom stereocenters. The molecule has 2 amide bonds. The third kappa shape index (κ3) is 3.74. The van der Waals surface area contributed by atoms with E-state index >= 15 is 0 Å². The maximum atomic E-state index is 12.7. The Bertz CT molecular complexity index is 1070. The Balaban J connectivity index is 1.61. The predicted molar refractivity (Wildman–Crippen MR) is 112 cm³/mol. The van der Waals surface area contributed by atoms with Crippen molar-refractivity contribution in [3.8, 4) is 11.3 Å². The molecule has 0 spiro atoms. The summed E-state index contributed by atoms with van der Waals surface area (Å²) >= 11 is 10.2. The standard InChI is InChI=1S/C20H11BrClNO3S/c21-13-6-4-12(5-7-13)17-9-8-16(26-17)11-18-19(24)23(20(25)27-18)15-3-1-2-14(22)10-15/h1-11H/b18-11+. The number of benzene rings is 2. The maximum absolute atomic E-state index is 12.7. The van der Waals surface area contributed by atoms with E-state index in [0.717, 1.165) is 26.7 Å². The van der Waals surface area contributed by atoms with Gasteiger partial charge >= 0.3 is 0 Å². The molecule has 4 rings (SSSR count). The molecular weight excluding hydrogens is 450 g/mol. The molecule has 0 N–H and O–H groups in total. The number of furan rings is 1. The van der Waals surface area contributed by atoms with Gasteiger partial charge < -0.3 is 4.42 Å². The summed E-state index contributed by atoms with van der Waals surface area (Å²) in [6.07, 6.45) is 1.58. The molecule has 3 aromatic rings. The van der Waals surface area contributed by atoms with Crippen LogP contribution in [-0.4, -0.2) is 11.1 Å². The molecule has 0 unspecified atom stereocenters. The van der Waals surface area contributed by atoms with Crippen molar-refractivity contribution in [3.05, 3.63) is 80.8 Å². The summed E-state index contributed by atoms with van der Waals surface area (Å²) in [5, 5.41) is 0.0916. The number of hydrogen-bond donors (Lipinski definition) is 0. The first-order valence-electron chi connectivity index (χ1n) is 7.90. The topological polar surface area (TPSA) is 50.5 Å². The molecule has 0 saturated carbocycles. The van der Waals surface area contributed by atoms with Gasteiger partial charge in [0, 0.05) is 21.1 Å². The lowest BCUT2D eigenvalue weighted by Crippen LogP contribution is -2.27. The van der Waals surface area contributed by atoms with Crippen LogP contribution in [0.25, 0.3) is 17.4 Å². The van der Waals surface area contributed by atoms with E-state index in [-0.39, 0.29) is 5.24 Å². The second-order valence-electron chi connectivity index (χ2n) is 5.71. The van der Waals surface area contributed by atoms with Crippen molar-refractivity contribution < 1.29 is 14.0 Å². The average Bonchev–Trinajstić information content (AvgIpc) is 3.21. The predicted octanol–water partition coefficient (Wildman–Crippen LogP) is 6.60. The number of nitrogens with zero attached hydrogens (tertiary/aromatic N) is 1. The Morgan fingerprint density at radius 1 is 1.04 bits per heavy atom. The van der Waals surface area contributed by atoms with E-state index < -0.39 is 5.91 Å². The molecule has 1 aromatic heterocycles. The normalized spacial score (nSPS) is 15.8. The zero-order chi connectivity index (χ0) is 19.0. The van der Waals surface area contributed by atoms with Gasteiger partial charge in [0.05, 0.1) is 10.6 Å². The second-order valence-corrected chi connectivity index (χ2v) is 8.05. The molecule has 4 nitrogen and oxygen atoms in total. The maximum Gasteiger partial charge on any atom is 0.298 e. The van der Waals surface area contributed by atoms with Gasteiger partial charge in [0.1, 0.15) is 11.5 Å². The van der Waals surface area contributed by atoms with Gasteiger partial charge in [-0.05, 0) is 54.2 Å². The van der Waals surface area contributed by atoms with E-state index in [1.54, 1.807) is 36.4 Å². The molecule has 1 aliphatic heterocycles. The highest BCUT2D eigenvalue weighted by Gasteiger charge is 2.36. The van der Waals surface area contributed by atoms with E-state index in [1.165, 1.54) is 0 Å². The first kappa shape index (κ1) is 18.1. The molecule has 1 saturated heterocycles. The highest BCUT2D eigenvalue weighted by molar-refractivity contribution is 9.10. The van der Waals surface area contributed by atoms with Gasteiger partial charge in [-0.1, -0.05) is 45.7 Å². The SMILES string of the molecule is O=C1S/C(=C/c2ccc(-c3ccc(Br)cc3)o2)C(=O)N1c1cccc(Cl)c1. The number of amides is 2. The van der Waals surface area contributed by atoms with Gasteiger partial charge in [0.2, 0.25) is 0 Å². The number of carbonyl (C=O) groups excluding carboxylic acids is 2. The molecule has 2 aromatic carbocycles. The van der Waals surface area contributed by atoms with Gasteiger partial charge in [-0.25, -0.2) is 4.90 Å². The summed E-state index contributed by atoms with van der Waals surface area (Å²) in [5.41, 5.74) is 1.37. The van der Waals surface area contributed by atoms with E-state index in [0.29, 0.717) is 27.1 Å². The highest BCUT2D eigenvalue weighted by Crippen LogP contribution is 2.37. The van der Waals surface area contributed by atoms with E-state index in [9.17, 15) is 9.59 Å². The van der Waals surface area contributed by atoms with E-state index in [2.05, 4.69) is 15.9 Å². The van der Waals surface area contributed by atoms with Crippen LogP contribution in [0.5, 0.6) is 0 Å². The monoisotopic (exact) mass is 459 g/mol. The molecule has 0 radical (unpaired) electrons. The molecule has 27 heavy (non-hydrogen) atoms. The first-order valence-corrected chi connectivity index (χ1v) is 9.89. The Hall–Kier alpha value is -2.28. The third-order valence-corrected chi connectivity index (χ3v) is 5.52. The van der Waals surface area contributed by atoms with Gasteiger partial charge in [0.15, 0.2) is 0 Å². The zero-order valence-electron chi connectivity index (χ0n) is 13.7. The summed E-state index contributed by atoms with van der Waals surface area (Å²) in [6.45, 7) is 0. The van der Waals surface area contributed by atoms with Crippen LogP contribution in [0.1, 0.15) is 5.76 Å². The smallest absolute Gasteiger partial charge is 0.298 e. The van der Waals surface area contributed by atoms with Crippen LogP contribution in [0.15, 0.2) is 74.5 Å². The van der Waals surface area contributed by atoms with Crippen LogP contribution in [0.2, 0.25) is 5.02 Å². The minimum Gasteiger partial charge on any atom is -0.457 e. The molecule has 7 heteroatoms. The van der Waals surface area contributed by atoms with Crippen molar-refractivity contribution in [3.63, 3.8) is 0 Å². The van der Waals surface area contributed by atoms with Gasteiger partial charge in [0.25, 0.3) is 11.1 Å². The lowest BCUT2D eigenvalue weighted by molar-refractivity contribution is -0.113. The number of carbonyl (C=O) groups is 2. The summed E-state index contributed by atoms with van der Waals surface area (Å²) in [6, 6.07) is 17.9. The van der Waals surface area contributed by atoms with Crippen LogP contribution < -0.4 is 4.90 Å². The van der Waals surface area contributed by atoms with Crippen molar-refractivity contribution in [2.75, 3.05) is 4.90 Å². The number of anilines is 1. The fraction of sp³-hybridized carbons (Fsp3) is 0. The number of halogens is 2. The molecule has 1 fully saturated rings. The van der Waals surface area contributed by atoms with Crippen LogP contribution in [0.3, 0.4) is 0 Å². The Kier molecular flexibility index (Phi) is 4.95. The lowest BCUT2D eigenvalue weighted by Gasteiger charge is -2.12. The molecule has 0 aliphatic carbocycles. The number of imide groups is 1. The van der Waals surface area contributed by atoms with Crippen molar-refractivity contribution in [2.24, 2.45) is 0 Å². The largest absolute Gasteiger partial charge is 0.457 e. The Morgan fingerprint density at radius 2 is 1.81 bits per heavy atom. The second kappa shape index (κ2) is 7.38. The van der Waals surface area contributed by atoms with Gasteiger partial charge in [-0.15, -0.1) is 0 Å². The fourth-order valence-corrected chi connectivity index (χ4v) is 3.90. The van der Waals surface area contributed by atoms with Crippen LogP contribution >= 0.6 is 39.3 Å². The zero-order valence-corrected chi connectivity index (χ0v) is 16.8. The fourth-order valence-electron chi connectivity index (χ4n) is 2.63. The minimum absolute atomic E-state index is 0.302. The van der Waals surface area contributed by atoms with E-state index in [1.807, 2.05) is 30.3 Å². The average molecular weight is 461 g/mol. The third-order valence-electron chi connectivity index (χ3n) is 3.89. The molecule has 0 bridgehead atoms. The number of hydrogen-bond acceptors (Lipinski definition) is 4. The van der Waals surface area contributed by atoms with E-state index in [4.69, 9.17) is 16.0 Å². The van der Waals surface area contributed by atoms with Gasteiger partial charge in [-0.3, -0.25) is 9.59 Å². The highest BCUT2D eigenvalue weighted by atomic mass is 79.9. The summed E-state index contributed by atoms with van der Waals surface area (Å²) < 4.78 is 6.79. The lowest BCUT2D eigenvalue weighted by atomic mass is 10.2. The van der Waals surface area contributed by atoms with Crippen molar-refractivity contribution in [1.82, 2.24) is 0 Å².